The molecule has 0 saturated heterocycles. The molecule has 0 aliphatic rings. The maximum Gasteiger partial charge on any atom is 0.234 e. The molecular weight excluding hydrogens is 254 g/mol. The molecule has 1 aromatic carbocycles. The molecule has 0 saturated carbocycles. The molecule has 0 radical (unpaired) electrons. The van der Waals surface area contributed by atoms with Gasteiger partial charge in [-0.2, -0.15) is 0 Å². The van der Waals surface area contributed by atoms with E-state index in [-0.39, 0.29) is 16.1 Å². The Balaban J connectivity index is 2.75. The van der Waals surface area contributed by atoms with Gasteiger partial charge in [-0.25, -0.2) is 0 Å². The highest BCUT2D eigenvalue weighted by molar-refractivity contribution is 8.01. The number of para-hydroxylation sites is 1. The number of carbonyl (C=O) groups excluding carboxylic acids is 1. The molecule has 0 fully saturated rings. The zero-order valence-corrected chi connectivity index (χ0v) is 13.6. The molecule has 0 spiro atoms. The van der Waals surface area contributed by atoms with Crippen LogP contribution in [0, 0.1) is 0 Å². The Bertz CT molecular complexity index is 441. The van der Waals surface area contributed by atoms with Gasteiger partial charge in [0.25, 0.3) is 0 Å². The summed E-state index contributed by atoms with van der Waals surface area (Å²) in [4.78, 5) is 12.0. The fourth-order valence-corrected chi connectivity index (χ4v) is 2.35. The summed E-state index contributed by atoms with van der Waals surface area (Å²) in [6, 6.07) is 8.02. The van der Waals surface area contributed by atoms with Gasteiger partial charge in [0.2, 0.25) is 5.91 Å². The number of thioether (sulfide) groups is 1. The van der Waals surface area contributed by atoms with Crippen molar-refractivity contribution in [1.29, 1.82) is 0 Å². The van der Waals surface area contributed by atoms with Crippen LogP contribution in [-0.4, -0.2) is 16.4 Å². The number of carbonyl (C=O) groups is 1. The molecule has 0 aliphatic heterocycles. The first kappa shape index (κ1) is 16.1. The Kier molecular flexibility index (Phi) is 5.08. The van der Waals surface area contributed by atoms with Crippen molar-refractivity contribution >= 4 is 23.4 Å². The van der Waals surface area contributed by atoms with Gasteiger partial charge in [-0.15, -0.1) is 11.8 Å². The second-order valence-corrected chi connectivity index (χ2v) is 8.55. The quantitative estimate of drug-likeness (QED) is 0.885. The van der Waals surface area contributed by atoms with E-state index in [9.17, 15) is 4.79 Å². The monoisotopic (exact) mass is 279 g/mol. The summed E-state index contributed by atoms with van der Waals surface area (Å²) in [7, 11) is 0. The van der Waals surface area contributed by atoms with Crippen molar-refractivity contribution in [3.05, 3.63) is 29.8 Å². The first-order valence-corrected chi connectivity index (χ1v) is 7.61. The first-order chi connectivity index (χ1) is 8.59. The average Bonchev–Trinajstić information content (AvgIpc) is 2.25. The standard InChI is InChI=1S/C16H25NOS/c1-15(2,3)12-9-7-8-10-13(12)17-14(18)11-19-16(4,5)6/h7-10H,11H2,1-6H3,(H,17,18). The molecule has 1 N–H and O–H groups in total. The Hall–Kier alpha value is -0.960. The van der Waals surface area contributed by atoms with Crippen molar-refractivity contribution in [2.24, 2.45) is 0 Å². The van der Waals surface area contributed by atoms with Crippen molar-refractivity contribution in [1.82, 2.24) is 0 Å². The smallest absolute Gasteiger partial charge is 0.234 e. The van der Waals surface area contributed by atoms with Crippen LogP contribution in [0.15, 0.2) is 24.3 Å². The minimum atomic E-state index is 0.0288. The van der Waals surface area contributed by atoms with Gasteiger partial charge in [-0.3, -0.25) is 4.79 Å². The van der Waals surface area contributed by atoms with Gasteiger partial charge in [0, 0.05) is 10.4 Å². The predicted molar refractivity (Wildman–Crippen MR) is 86.0 cm³/mol. The van der Waals surface area contributed by atoms with Gasteiger partial charge < -0.3 is 5.32 Å². The van der Waals surface area contributed by atoms with Crippen LogP contribution in [0.1, 0.15) is 47.1 Å². The lowest BCUT2D eigenvalue weighted by Crippen LogP contribution is -2.22. The van der Waals surface area contributed by atoms with Crippen LogP contribution < -0.4 is 5.32 Å². The number of hydrogen-bond acceptors (Lipinski definition) is 2. The molecule has 0 aromatic heterocycles. The zero-order valence-electron chi connectivity index (χ0n) is 12.8. The molecule has 0 atom stereocenters. The van der Waals surface area contributed by atoms with E-state index in [2.05, 4.69) is 52.9 Å². The number of amides is 1. The van der Waals surface area contributed by atoms with Crippen LogP contribution in [0.5, 0.6) is 0 Å². The second-order valence-electron chi connectivity index (χ2n) is 6.74. The topological polar surface area (TPSA) is 29.1 Å². The molecule has 1 aromatic rings. The summed E-state index contributed by atoms with van der Waals surface area (Å²) in [6.45, 7) is 12.8. The number of nitrogens with one attached hydrogen (secondary N) is 1. The predicted octanol–water partition coefficient (Wildman–Crippen LogP) is 4.45. The van der Waals surface area contributed by atoms with E-state index in [1.807, 2.05) is 18.2 Å². The van der Waals surface area contributed by atoms with Crippen LogP contribution in [-0.2, 0) is 10.2 Å². The van der Waals surface area contributed by atoms with E-state index in [4.69, 9.17) is 0 Å². The minimum absolute atomic E-state index is 0.0288. The molecule has 0 bridgehead atoms. The SMILES string of the molecule is CC(C)(C)SCC(=O)Nc1ccccc1C(C)(C)C. The Morgan fingerprint density at radius 2 is 1.68 bits per heavy atom. The van der Waals surface area contributed by atoms with Crippen molar-refractivity contribution in [2.45, 2.75) is 51.7 Å². The van der Waals surface area contributed by atoms with E-state index in [0.717, 1.165) is 5.69 Å². The molecule has 0 unspecified atom stereocenters. The first-order valence-electron chi connectivity index (χ1n) is 6.63. The summed E-state index contributed by atoms with van der Waals surface area (Å²) in [5, 5.41) is 3.03. The third-order valence-electron chi connectivity index (χ3n) is 2.65. The zero-order chi connectivity index (χ0) is 14.7. The maximum atomic E-state index is 12.0. The molecule has 1 amide bonds. The summed E-state index contributed by atoms with van der Waals surface area (Å²) >= 11 is 1.66. The Morgan fingerprint density at radius 3 is 2.21 bits per heavy atom. The average molecular weight is 279 g/mol. The summed E-state index contributed by atoms with van der Waals surface area (Å²) < 4.78 is 0.112. The fraction of sp³-hybridized carbons (Fsp3) is 0.562. The van der Waals surface area contributed by atoms with Crippen LogP contribution in [0.3, 0.4) is 0 Å². The highest BCUT2D eigenvalue weighted by Crippen LogP contribution is 2.29. The molecular formula is C16H25NOS. The highest BCUT2D eigenvalue weighted by atomic mass is 32.2. The maximum absolute atomic E-state index is 12.0. The van der Waals surface area contributed by atoms with Crippen molar-refractivity contribution < 1.29 is 4.79 Å². The van der Waals surface area contributed by atoms with Gasteiger partial charge >= 0.3 is 0 Å². The van der Waals surface area contributed by atoms with Crippen LogP contribution in [0.2, 0.25) is 0 Å². The molecule has 1 rings (SSSR count). The Labute approximate surface area is 121 Å². The fourth-order valence-electron chi connectivity index (χ4n) is 1.71. The number of hydrogen-bond donors (Lipinski definition) is 1. The molecule has 106 valence electrons. The Morgan fingerprint density at radius 1 is 1.11 bits per heavy atom. The lowest BCUT2D eigenvalue weighted by molar-refractivity contribution is -0.113. The summed E-state index contributed by atoms with van der Waals surface area (Å²) in [6.07, 6.45) is 0. The van der Waals surface area contributed by atoms with E-state index >= 15 is 0 Å². The number of benzene rings is 1. The van der Waals surface area contributed by atoms with Gasteiger partial charge in [0.1, 0.15) is 0 Å². The lowest BCUT2D eigenvalue weighted by Gasteiger charge is -2.23. The van der Waals surface area contributed by atoms with Crippen molar-refractivity contribution in [2.75, 3.05) is 11.1 Å². The van der Waals surface area contributed by atoms with Crippen LogP contribution >= 0.6 is 11.8 Å². The van der Waals surface area contributed by atoms with Crippen molar-refractivity contribution in [3.8, 4) is 0 Å². The van der Waals surface area contributed by atoms with Gasteiger partial charge in [-0.1, -0.05) is 59.7 Å². The van der Waals surface area contributed by atoms with Gasteiger partial charge in [0.15, 0.2) is 0 Å². The molecule has 2 nitrogen and oxygen atoms in total. The minimum Gasteiger partial charge on any atom is -0.325 e. The van der Waals surface area contributed by atoms with E-state index in [1.54, 1.807) is 11.8 Å². The normalized spacial score (nSPS) is 12.3. The molecule has 3 heteroatoms. The summed E-state index contributed by atoms with van der Waals surface area (Å²) in [5.74, 6) is 0.554. The van der Waals surface area contributed by atoms with E-state index in [0.29, 0.717) is 5.75 Å². The number of rotatable bonds is 3. The van der Waals surface area contributed by atoms with Gasteiger partial charge in [-0.05, 0) is 17.0 Å². The van der Waals surface area contributed by atoms with E-state index < -0.39 is 0 Å². The largest absolute Gasteiger partial charge is 0.325 e. The van der Waals surface area contributed by atoms with Crippen LogP contribution in [0.25, 0.3) is 0 Å². The third-order valence-corrected chi connectivity index (χ3v) is 3.92. The second kappa shape index (κ2) is 6.00. The lowest BCUT2D eigenvalue weighted by atomic mass is 9.86. The molecule has 0 aliphatic carbocycles. The molecule has 0 heterocycles. The van der Waals surface area contributed by atoms with Crippen molar-refractivity contribution in [3.63, 3.8) is 0 Å². The highest BCUT2D eigenvalue weighted by Gasteiger charge is 2.19. The van der Waals surface area contributed by atoms with Crippen LogP contribution in [0.4, 0.5) is 5.69 Å². The third kappa shape index (κ3) is 5.68. The van der Waals surface area contributed by atoms with E-state index in [1.165, 1.54) is 5.56 Å². The summed E-state index contributed by atoms with van der Waals surface area (Å²) in [5.41, 5.74) is 2.12. The molecule has 19 heavy (non-hydrogen) atoms. The number of anilines is 1. The van der Waals surface area contributed by atoms with Gasteiger partial charge in [0.05, 0.1) is 5.75 Å².